The highest BCUT2D eigenvalue weighted by molar-refractivity contribution is 6.04. The number of hydrogen-bond acceptors (Lipinski definition) is 5. The normalized spacial score (nSPS) is 17.9. The molecule has 0 spiro atoms. The Morgan fingerprint density at radius 3 is 2.44 bits per heavy atom. The molecule has 0 aliphatic carbocycles. The van der Waals surface area contributed by atoms with E-state index in [4.69, 9.17) is 0 Å². The summed E-state index contributed by atoms with van der Waals surface area (Å²) in [6.07, 6.45) is 3.82. The lowest BCUT2D eigenvalue weighted by Crippen LogP contribution is -2.40. The van der Waals surface area contributed by atoms with Crippen LogP contribution in [0.25, 0.3) is 0 Å². The third-order valence-electron chi connectivity index (χ3n) is 7.17. The molecule has 36 heavy (non-hydrogen) atoms. The molecular formula is C28H31N5O3. The van der Waals surface area contributed by atoms with Crippen molar-refractivity contribution in [2.45, 2.75) is 44.9 Å². The van der Waals surface area contributed by atoms with Gasteiger partial charge in [0.15, 0.2) is 0 Å². The molecule has 1 fully saturated rings. The smallest absolute Gasteiger partial charge is 0.258 e. The van der Waals surface area contributed by atoms with Crippen LogP contribution in [-0.4, -0.2) is 34.9 Å². The van der Waals surface area contributed by atoms with Crippen LogP contribution in [0.1, 0.15) is 48.8 Å². The number of amides is 2. The molecule has 8 nitrogen and oxygen atoms in total. The van der Waals surface area contributed by atoms with Crippen LogP contribution in [0.2, 0.25) is 0 Å². The average Bonchev–Trinajstić information content (AvgIpc) is 2.89. The average molecular weight is 486 g/mol. The third-order valence-corrected chi connectivity index (χ3v) is 7.17. The first-order valence-electron chi connectivity index (χ1n) is 12.6. The van der Waals surface area contributed by atoms with E-state index in [-0.39, 0.29) is 29.3 Å². The van der Waals surface area contributed by atoms with Gasteiger partial charge in [-0.2, -0.15) is 4.98 Å². The zero-order chi connectivity index (χ0) is 25.1. The van der Waals surface area contributed by atoms with Gasteiger partial charge in [-0.15, -0.1) is 0 Å². The van der Waals surface area contributed by atoms with Crippen molar-refractivity contribution in [3.63, 3.8) is 0 Å². The highest BCUT2D eigenvalue weighted by Crippen LogP contribution is 2.31. The maximum Gasteiger partial charge on any atom is 0.258 e. The lowest BCUT2D eigenvalue weighted by atomic mass is 9.90. The van der Waals surface area contributed by atoms with Crippen molar-refractivity contribution in [1.29, 1.82) is 0 Å². The number of nitrogens with one attached hydrogen (secondary N) is 3. The molecular weight excluding hydrogens is 454 g/mol. The molecule has 2 aliphatic rings. The van der Waals surface area contributed by atoms with Gasteiger partial charge in [0.25, 0.3) is 5.56 Å². The summed E-state index contributed by atoms with van der Waals surface area (Å²) in [5, 5.41) is 5.55. The highest BCUT2D eigenvalue weighted by atomic mass is 16.2. The summed E-state index contributed by atoms with van der Waals surface area (Å²) >= 11 is 0. The second kappa shape index (κ2) is 10.4. The summed E-state index contributed by atoms with van der Waals surface area (Å²) in [6.45, 7) is 3.60. The molecule has 3 N–H and O–H groups in total. The zero-order valence-electron chi connectivity index (χ0n) is 20.4. The molecule has 0 radical (unpaired) electrons. The number of rotatable bonds is 6. The number of hydrogen-bond donors (Lipinski definition) is 3. The molecule has 0 saturated carbocycles. The van der Waals surface area contributed by atoms with Gasteiger partial charge in [0.05, 0.1) is 11.5 Å². The van der Waals surface area contributed by atoms with E-state index in [1.165, 1.54) is 5.56 Å². The number of aryl methyl sites for hydroxylation is 1. The van der Waals surface area contributed by atoms with Gasteiger partial charge in [-0.25, -0.2) is 0 Å². The summed E-state index contributed by atoms with van der Waals surface area (Å²) in [7, 11) is 0. The standard InChI is InChI=1S/C28H31N5O3/c1-2-18-8-10-21(11-9-18)29-26(35)22-17-23(34)30-25-24(22)27(36)32-28(31-25)33-14-12-20(13-15-33)16-19-6-4-3-5-7-19/h3-11,20,22H,2,12-17H2,1H3,(H,29,35)(H2,30,31,32,34,36)/t22-/m1/s1. The Balaban J connectivity index is 1.30. The maximum absolute atomic E-state index is 13.1. The fourth-order valence-electron chi connectivity index (χ4n) is 5.08. The van der Waals surface area contributed by atoms with Crippen molar-refractivity contribution in [2.75, 3.05) is 28.6 Å². The molecule has 0 unspecified atom stereocenters. The topological polar surface area (TPSA) is 107 Å². The van der Waals surface area contributed by atoms with Gasteiger partial charge in [-0.05, 0) is 54.9 Å². The van der Waals surface area contributed by atoms with Crippen LogP contribution in [0.3, 0.4) is 0 Å². The molecule has 8 heteroatoms. The van der Waals surface area contributed by atoms with Crippen molar-refractivity contribution in [3.05, 3.63) is 81.6 Å². The second-order valence-corrected chi connectivity index (χ2v) is 9.62. The predicted octanol–water partition coefficient (Wildman–Crippen LogP) is 3.86. The molecule has 3 heterocycles. The predicted molar refractivity (Wildman–Crippen MR) is 140 cm³/mol. The molecule has 1 saturated heterocycles. The van der Waals surface area contributed by atoms with Gasteiger partial charge < -0.3 is 15.5 Å². The van der Waals surface area contributed by atoms with Crippen LogP contribution < -0.4 is 21.1 Å². The van der Waals surface area contributed by atoms with Gasteiger partial charge in [-0.1, -0.05) is 49.4 Å². The van der Waals surface area contributed by atoms with Gasteiger partial charge >= 0.3 is 0 Å². The summed E-state index contributed by atoms with van der Waals surface area (Å²) in [5.74, 6) is -0.424. The molecule has 3 aromatic rings. The van der Waals surface area contributed by atoms with Crippen molar-refractivity contribution < 1.29 is 9.59 Å². The van der Waals surface area contributed by atoms with E-state index < -0.39 is 11.8 Å². The maximum atomic E-state index is 13.1. The Morgan fingerprint density at radius 1 is 1.03 bits per heavy atom. The molecule has 2 aromatic carbocycles. The summed E-state index contributed by atoms with van der Waals surface area (Å²) in [4.78, 5) is 48.1. The Morgan fingerprint density at radius 2 is 1.75 bits per heavy atom. The van der Waals surface area contributed by atoms with Gasteiger partial charge in [0.2, 0.25) is 17.8 Å². The number of aromatic nitrogens is 2. The minimum Gasteiger partial charge on any atom is -0.342 e. The molecule has 2 amide bonds. The van der Waals surface area contributed by atoms with E-state index in [9.17, 15) is 14.4 Å². The lowest BCUT2D eigenvalue weighted by Gasteiger charge is -2.33. The van der Waals surface area contributed by atoms with E-state index in [1.807, 2.05) is 35.2 Å². The monoisotopic (exact) mass is 485 g/mol. The summed E-state index contributed by atoms with van der Waals surface area (Å²) in [6, 6.07) is 18.0. The van der Waals surface area contributed by atoms with Crippen LogP contribution in [-0.2, 0) is 22.4 Å². The first-order chi connectivity index (χ1) is 17.5. The minimum absolute atomic E-state index is 0.0964. The quantitative estimate of drug-likeness (QED) is 0.492. The molecule has 2 aliphatic heterocycles. The van der Waals surface area contributed by atoms with Gasteiger partial charge in [0.1, 0.15) is 5.82 Å². The largest absolute Gasteiger partial charge is 0.342 e. The third kappa shape index (κ3) is 5.17. The van der Waals surface area contributed by atoms with Crippen molar-refractivity contribution >= 4 is 29.3 Å². The van der Waals surface area contributed by atoms with Crippen molar-refractivity contribution in [1.82, 2.24) is 9.97 Å². The minimum atomic E-state index is -0.901. The van der Waals surface area contributed by atoms with Gasteiger partial charge in [0, 0.05) is 25.2 Å². The molecule has 1 aromatic heterocycles. The number of fused-ring (bicyclic) bond motifs is 1. The van der Waals surface area contributed by atoms with Gasteiger partial charge in [-0.3, -0.25) is 19.4 Å². The van der Waals surface area contributed by atoms with Crippen molar-refractivity contribution in [2.24, 2.45) is 5.92 Å². The SMILES string of the molecule is CCc1ccc(NC(=O)[C@@H]2CC(=O)Nc3nc(N4CCC(Cc5ccccc5)CC4)[nH]c(=O)c32)cc1. The van der Waals surface area contributed by atoms with Crippen LogP contribution in [0, 0.1) is 5.92 Å². The second-order valence-electron chi connectivity index (χ2n) is 9.62. The number of carbonyl (C=O) groups is 2. The van der Waals surface area contributed by atoms with Crippen LogP contribution in [0.4, 0.5) is 17.5 Å². The lowest BCUT2D eigenvalue weighted by molar-refractivity contribution is -0.123. The Hall–Kier alpha value is -3.94. The number of nitrogens with zero attached hydrogens (tertiary/aromatic N) is 2. The van der Waals surface area contributed by atoms with Crippen LogP contribution in [0.15, 0.2) is 59.4 Å². The first kappa shape index (κ1) is 23.8. The summed E-state index contributed by atoms with van der Waals surface area (Å²) in [5.41, 5.74) is 2.95. The van der Waals surface area contributed by atoms with E-state index in [0.717, 1.165) is 44.3 Å². The van der Waals surface area contributed by atoms with E-state index in [1.54, 1.807) is 0 Å². The number of benzene rings is 2. The molecule has 1 atom stereocenters. The molecule has 186 valence electrons. The number of anilines is 3. The number of H-pyrrole nitrogens is 1. The molecule has 5 rings (SSSR count). The Kier molecular flexibility index (Phi) is 6.84. The Labute approximate surface area is 210 Å². The summed E-state index contributed by atoms with van der Waals surface area (Å²) < 4.78 is 0. The van der Waals surface area contributed by atoms with Crippen LogP contribution in [0.5, 0.6) is 0 Å². The fraction of sp³-hybridized carbons (Fsp3) is 0.357. The van der Waals surface area contributed by atoms with Crippen molar-refractivity contribution in [3.8, 4) is 0 Å². The molecule has 0 bridgehead atoms. The number of piperidine rings is 1. The first-order valence-corrected chi connectivity index (χ1v) is 12.6. The number of aromatic amines is 1. The van der Waals surface area contributed by atoms with E-state index in [2.05, 4.69) is 51.8 Å². The Bertz CT molecular complexity index is 1300. The van der Waals surface area contributed by atoms with Crippen LogP contribution >= 0.6 is 0 Å². The zero-order valence-corrected chi connectivity index (χ0v) is 20.4. The highest BCUT2D eigenvalue weighted by Gasteiger charge is 2.35. The van der Waals surface area contributed by atoms with E-state index >= 15 is 0 Å². The fourth-order valence-corrected chi connectivity index (χ4v) is 5.08. The van der Waals surface area contributed by atoms with E-state index in [0.29, 0.717) is 17.6 Å². The number of carbonyl (C=O) groups excluding carboxylic acids is 2.